The fraction of sp³-hybridized carbons (Fsp3) is 0.455. The van der Waals surface area contributed by atoms with Crippen LogP contribution in [0.3, 0.4) is 0 Å². The summed E-state index contributed by atoms with van der Waals surface area (Å²) in [5.74, 6) is -0.777. The van der Waals surface area contributed by atoms with Crippen LogP contribution in [0.4, 0.5) is 0 Å². The zero-order valence-corrected chi connectivity index (χ0v) is 8.74. The molecule has 1 rings (SSSR count). The quantitative estimate of drug-likeness (QED) is 0.799. The lowest BCUT2D eigenvalue weighted by molar-refractivity contribution is -0.146. The molecule has 0 bridgehead atoms. The Morgan fingerprint density at radius 1 is 1.57 bits per heavy atom. The lowest BCUT2D eigenvalue weighted by atomic mass is 9.85. The van der Waals surface area contributed by atoms with Crippen LogP contribution in [-0.2, 0) is 11.2 Å². The van der Waals surface area contributed by atoms with Crippen LogP contribution in [0, 0.1) is 12.3 Å². The van der Waals surface area contributed by atoms with Gasteiger partial charge in [0.1, 0.15) is 0 Å². The molecule has 0 amide bonds. The van der Waals surface area contributed by atoms with Gasteiger partial charge in [-0.25, -0.2) is 0 Å². The van der Waals surface area contributed by atoms with Crippen molar-refractivity contribution in [2.24, 2.45) is 5.41 Å². The molecule has 0 aliphatic rings. The molecule has 0 atom stereocenters. The molecular weight excluding hydrogens is 178 g/mol. The molecule has 0 radical (unpaired) electrons. The van der Waals surface area contributed by atoms with Crippen molar-refractivity contribution in [2.45, 2.75) is 27.2 Å². The van der Waals surface area contributed by atoms with E-state index in [1.54, 1.807) is 20.0 Å². The van der Waals surface area contributed by atoms with Crippen LogP contribution >= 0.6 is 0 Å². The predicted octanol–water partition coefficient (Wildman–Crippen LogP) is 2.04. The topological polar surface area (TPSA) is 50.2 Å². The van der Waals surface area contributed by atoms with Crippen molar-refractivity contribution < 1.29 is 9.90 Å². The van der Waals surface area contributed by atoms with Crippen molar-refractivity contribution in [3.05, 3.63) is 29.6 Å². The number of carboxylic acid groups (broad SMARTS) is 1. The highest BCUT2D eigenvalue weighted by Gasteiger charge is 2.27. The molecule has 0 aliphatic heterocycles. The van der Waals surface area contributed by atoms with Crippen LogP contribution in [0.15, 0.2) is 18.3 Å². The Morgan fingerprint density at radius 3 is 2.71 bits per heavy atom. The number of rotatable bonds is 3. The first-order valence-electron chi connectivity index (χ1n) is 4.57. The van der Waals surface area contributed by atoms with Crippen molar-refractivity contribution in [2.75, 3.05) is 0 Å². The molecule has 1 aromatic heterocycles. The second-order valence-electron chi connectivity index (χ2n) is 4.11. The molecule has 3 nitrogen and oxygen atoms in total. The lowest BCUT2D eigenvalue weighted by Gasteiger charge is -2.19. The highest BCUT2D eigenvalue weighted by Crippen LogP contribution is 2.22. The van der Waals surface area contributed by atoms with Crippen molar-refractivity contribution >= 4 is 5.97 Å². The number of aromatic nitrogens is 1. The molecular formula is C11H15NO2. The molecule has 3 heteroatoms. The molecule has 0 unspecified atom stereocenters. The third-order valence-electron chi connectivity index (χ3n) is 2.33. The number of hydrogen-bond acceptors (Lipinski definition) is 2. The number of carboxylic acids is 1. The largest absolute Gasteiger partial charge is 0.481 e. The predicted molar refractivity (Wildman–Crippen MR) is 54.1 cm³/mol. The van der Waals surface area contributed by atoms with Gasteiger partial charge in [0.05, 0.1) is 5.41 Å². The Hall–Kier alpha value is -1.38. The van der Waals surface area contributed by atoms with Gasteiger partial charge in [0, 0.05) is 11.9 Å². The summed E-state index contributed by atoms with van der Waals surface area (Å²) in [7, 11) is 0. The van der Waals surface area contributed by atoms with E-state index >= 15 is 0 Å². The first-order chi connectivity index (χ1) is 6.43. The summed E-state index contributed by atoms with van der Waals surface area (Å²) in [5.41, 5.74) is 1.18. The van der Waals surface area contributed by atoms with E-state index in [1.807, 2.05) is 19.1 Å². The summed E-state index contributed by atoms with van der Waals surface area (Å²) in [5, 5.41) is 8.97. The van der Waals surface area contributed by atoms with E-state index in [4.69, 9.17) is 5.11 Å². The molecule has 1 N–H and O–H groups in total. The number of aliphatic carboxylic acids is 1. The van der Waals surface area contributed by atoms with Crippen LogP contribution in [0.25, 0.3) is 0 Å². The van der Waals surface area contributed by atoms with Crippen molar-refractivity contribution in [3.63, 3.8) is 0 Å². The summed E-state index contributed by atoms with van der Waals surface area (Å²) in [6.45, 7) is 5.34. The van der Waals surface area contributed by atoms with Crippen LogP contribution < -0.4 is 0 Å². The normalized spacial score (nSPS) is 11.4. The fourth-order valence-corrected chi connectivity index (χ4v) is 1.26. The number of nitrogens with zero attached hydrogens (tertiary/aromatic N) is 1. The second-order valence-corrected chi connectivity index (χ2v) is 4.11. The number of pyridine rings is 1. The van der Waals surface area contributed by atoms with Crippen molar-refractivity contribution in [1.82, 2.24) is 4.98 Å². The summed E-state index contributed by atoms with van der Waals surface area (Å²) in [6.07, 6.45) is 2.23. The standard InChI is InChI=1S/C11H15NO2/c1-8-9(5-4-6-12-8)7-11(2,3)10(13)14/h4-6H,7H2,1-3H3,(H,13,14). The number of carbonyl (C=O) groups is 1. The summed E-state index contributed by atoms with van der Waals surface area (Å²) in [6, 6.07) is 3.76. The second kappa shape index (κ2) is 3.78. The van der Waals surface area contributed by atoms with Crippen LogP contribution in [0.1, 0.15) is 25.1 Å². The van der Waals surface area contributed by atoms with E-state index in [0.717, 1.165) is 11.3 Å². The van der Waals surface area contributed by atoms with Crippen LogP contribution in [-0.4, -0.2) is 16.1 Å². The summed E-state index contributed by atoms with van der Waals surface area (Å²) in [4.78, 5) is 15.0. The van der Waals surface area contributed by atoms with E-state index in [9.17, 15) is 4.79 Å². The van der Waals surface area contributed by atoms with E-state index in [2.05, 4.69) is 4.98 Å². The van der Waals surface area contributed by atoms with Gasteiger partial charge < -0.3 is 5.11 Å². The molecule has 0 spiro atoms. The molecule has 0 saturated heterocycles. The number of aryl methyl sites for hydroxylation is 1. The van der Waals surface area contributed by atoms with Gasteiger partial charge in [-0.1, -0.05) is 6.07 Å². The maximum Gasteiger partial charge on any atom is 0.309 e. The van der Waals surface area contributed by atoms with Gasteiger partial charge in [0.15, 0.2) is 0 Å². The van der Waals surface area contributed by atoms with Gasteiger partial charge in [-0.2, -0.15) is 0 Å². The molecule has 0 fully saturated rings. The Bertz CT molecular complexity index is 345. The lowest BCUT2D eigenvalue weighted by Crippen LogP contribution is -2.26. The average molecular weight is 193 g/mol. The average Bonchev–Trinajstić information content (AvgIpc) is 2.08. The van der Waals surface area contributed by atoms with Crippen LogP contribution in [0.5, 0.6) is 0 Å². The van der Waals surface area contributed by atoms with Gasteiger partial charge in [-0.15, -0.1) is 0 Å². The van der Waals surface area contributed by atoms with E-state index in [0.29, 0.717) is 6.42 Å². The SMILES string of the molecule is Cc1ncccc1CC(C)(C)C(=O)O. The highest BCUT2D eigenvalue weighted by atomic mass is 16.4. The monoisotopic (exact) mass is 193 g/mol. The maximum absolute atomic E-state index is 10.9. The third-order valence-corrected chi connectivity index (χ3v) is 2.33. The minimum Gasteiger partial charge on any atom is -0.481 e. The molecule has 1 heterocycles. The Labute approximate surface area is 83.8 Å². The minimum absolute atomic E-state index is 0.516. The van der Waals surface area contributed by atoms with Gasteiger partial charge in [-0.05, 0) is 38.8 Å². The highest BCUT2D eigenvalue weighted by molar-refractivity contribution is 5.74. The minimum atomic E-state index is -0.777. The van der Waals surface area contributed by atoms with Crippen LogP contribution in [0.2, 0.25) is 0 Å². The molecule has 0 saturated carbocycles. The van der Waals surface area contributed by atoms with Gasteiger partial charge in [0.2, 0.25) is 0 Å². The van der Waals surface area contributed by atoms with Crippen molar-refractivity contribution in [3.8, 4) is 0 Å². The molecule has 76 valence electrons. The first-order valence-corrected chi connectivity index (χ1v) is 4.57. The summed E-state index contributed by atoms with van der Waals surface area (Å²) < 4.78 is 0. The number of hydrogen-bond donors (Lipinski definition) is 1. The van der Waals surface area contributed by atoms with Gasteiger partial charge >= 0.3 is 5.97 Å². The van der Waals surface area contributed by atoms with Gasteiger partial charge in [0.25, 0.3) is 0 Å². The molecule has 1 aromatic rings. The van der Waals surface area contributed by atoms with E-state index in [-0.39, 0.29) is 0 Å². The Morgan fingerprint density at radius 2 is 2.21 bits per heavy atom. The first kappa shape index (κ1) is 10.7. The fourth-order valence-electron chi connectivity index (χ4n) is 1.26. The maximum atomic E-state index is 10.9. The zero-order chi connectivity index (χ0) is 10.8. The molecule has 0 aromatic carbocycles. The zero-order valence-electron chi connectivity index (χ0n) is 8.74. The summed E-state index contributed by atoms with van der Waals surface area (Å²) >= 11 is 0. The smallest absolute Gasteiger partial charge is 0.309 e. The molecule has 14 heavy (non-hydrogen) atoms. The Kier molecular flexibility index (Phi) is 2.89. The third kappa shape index (κ3) is 2.31. The Balaban J connectivity index is 2.89. The van der Waals surface area contributed by atoms with E-state index < -0.39 is 11.4 Å². The van der Waals surface area contributed by atoms with Gasteiger partial charge in [-0.3, -0.25) is 9.78 Å². The molecule has 0 aliphatic carbocycles. The van der Waals surface area contributed by atoms with Crippen molar-refractivity contribution in [1.29, 1.82) is 0 Å². The van der Waals surface area contributed by atoms with E-state index in [1.165, 1.54) is 0 Å².